The highest BCUT2D eigenvalue weighted by molar-refractivity contribution is 6.05. The van der Waals surface area contributed by atoms with E-state index in [1.165, 1.54) is 6.07 Å². The van der Waals surface area contributed by atoms with Gasteiger partial charge in [0.1, 0.15) is 11.6 Å². The van der Waals surface area contributed by atoms with E-state index in [2.05, 4.69) is 10.6 Å². The van der Waals surface area contributed by atoms with Gasteiger partial charge in [-0.3, -0.25) is 9.59 Å². The largest absolute Gasteiger partial charge is 0.323 e. The number of halogens is 2. The maximum atomic E-state index is 13.5. The van der Waals surface area contributed by atoms with Crippen molar-refractivity contribution in [2.75, 3.05) is 10.6 Å². The van der Waals surface area contributed by atoms with Crippen LogP contribution in [-0.4, -0.2) is 11.8 Å². The van der Waals surface area contributed by atoms with E-state index in [9.17, 15) is 18.4 Å². The number of carbonyl (C=O) groups is 2. The summed E-state index contributed by atoms with van der Waals surface area (Å²) in [6.45, 7) is 0. The molecule has 28 heavy (non-hydrogen) atoms. The van der Waals surface area contributed by atoms with Crippen LogP contribution in [0, 0.1) is 11.6 Å². The number of nitrogens with one attached hydrogen (secondary N) is 2. The fourth-order valence-corrected chi connectivity index (χ4v) is 2.44. The molecule has 0 aliphatic carbocycles. The van der Waals surface area contributed by atoms with Crippen LogP contribution in [0.1, 0.15) is 15.9 Å². The summed E-state index contributed by atoms with van der Waals surface area (Å²) in [7, 11) is 0. The Morgan fingerprint density at radius 2 is 1.32 bits per heavy atom. The number of hydrogen-bond acceptors (Lipinski definition) is 2. The number of hydrogen-bond donors (Lipinski definition) is 2. The molecule has 4 nitrogen and oxygen atoms in total. The van der Waals surface area contributed by atoms with E-state index in [1.807, 2.05) is 18.2 Å². The second-order valence-electron chi connectivity index (χ2n) is 5.86. The van der Waals surface area contributed by atoms with Crippen LogP contribution in [0.25, 0.3) is 6.08 Å². The molecule has 0 radical (unpaired) electrons. The molecule has 0 bridgehead atoms. The van der Waals surface area contributed by atoms with Gasteiger partial charge in [-0.1, -0.05) is 24.3 Å². The standard InChI is InChI=1S/C22H16F2N2O2/c23-19-7-4-8-20(24)18(19)13-14-21(27)25-17-11-9-15(10-12-17)22(28)26-16-5-2-1-3-6-16/h1-14H,(H,25,27)(H,26,28)/b14-13+. The predicted molar refractivity (Wildman–Crippen MR) is 105 cm³/mol. The molecule has 3 rings (SSSR count). The lowest BCUT2D eigenvalue weighted by Crippen LogP contribution is -2.12. The van der Waals surface area contributed by atoms with Crippen molar-refractivity contribution in [3.8, 4) is 0 Å². The number of amides is 2. The molecule has 0 unspecified atom stereocenters. The van der Waals surface area contributed by atoms with Gasteiger partial charge in [0.2, 0.25) is 5.91 Å². The molecule has 0 saturated carbocycles. The lowest BCUT2D eigenvalue weighted by Gasteiger charge is -2.06. The summed E-state index contributed by atoms with van der Waals surface area (Å²) in [5.41, 5.74) is 1.26. The predicted octanol–water partition coefficient (Wildman–Crippen LogP) is 4.87. The van der Waals surface area contributed by atoms with E-state index >= 15 is 0 Å². The number of benzene rings is 3. The van der Waals surface area contributed by atoms with Gasteiger partial charge >= 0.3 is 0 Å². The Labute approximate surface area is 160 Å². The van der Waals surface area contributed by atoms with E-state index in [0.29, 0.717) is 16.9 Å². The van der Waals surface area contributed by atoms with Gasteiger partial charge in [0, 0.05) is 28.6 Å². The molecule has 3 aromatic carbocycles. The fourth-order valence-electron chi connectivity index (χ4n) is 2.44. The fraction of sp³-hybridized carbons (Fsp3) is 0. The lowest BCUT2D eigenvalue weighted by molar-refractivity contribution is -0.111. The van der Waals surface area contributed by atoms with Crippen molar-refractivity contribution in [3.63, 3.8) is 0 Å². The van der Waals surface area contributed by atoms with Crippen molar-refractivity contribution in [2.45, 2.75) is 0 Å². The Morgan fingerprint density at radius 3 is 1.96 bits per heavy atom. The summed E-state index contributed by atoms with van der Waals surface area (Å²) in [6.07, 6.45) is 2.11. The molecule has 0 fully saturated rings. The Bertz CT molecular complexity index is 996. The monoisotopic (exact) mass is 378 g/mol. The third-order valence-electron chi connectivity index (χ3n) is 3.85. The van der Waals surface area contributed by atoms with Crippen molar-refractivity contribution in [2.24, 2.45) is 0 Å². The van der Waals surface area contributed by atoms with Crippen molar-refractivity contribution in [1.82, 2.24) is 0 Å². The Hall–Kier alpha value is -3.80. The van der Waals surface area contributed by atoms with E-state index in [1.54, 1.807) is 36.4 Å². The molecule has 2 N–H and O–H groups in total. The molecule has 0 aliphatic rings. The van der Waals surface area contributed by atoms with Crippen LogP contribution in [0.2, 0.25) is 0 Å². The van der Waals surface area contributed by atoms with Gasteiger partial charge in [0.15, 0.2) is 0 Å². The van der Waals surface area contributed by atoms with Crippen LogP contribution in [0.5, 0.6) is 0 Å². The minimum atomic E-state index is -0.752. The number of carbonyl (C=O) groups excluding carboxylic acids is 2. The first-order chi connectivity index (χ1) is 13.5. The third-order valence-corrected chi connectivity index (χ3v) is 3.85. The van der Waals surface area contributed by atoms with Crippen molar-refractivity contribution in [1.29, 1.82) is 0 Å². The van der Waals surface area contributed by atoms with Crippen molar-refractivity contribution >= 4 is 29.3 Å². The van der Waals surface area contributed by atoms with Gasteiger partial charge in [-0.2, -0.15) is 0 Å². The Morgan fingerprint density at radius 1 is 0.714 bits per heavy atom. The number of rotatable bonds is 5. The van der Waals surface area contributed by atoms with E-state index in [-0.39, 0.29) is 11.5 Å². The third kappa shape index (κ3) is 4.88. The zero-order valence-corrected chi connectivity index (χ0v) is 14.7. The van der Waals surface area contributed by atoms with E-state index in [0.717, 1.165) is 24.3 Å². The van der Waals surface area contributed by atoms with Gasteiger partial charge in [0.05, 0.1) is 0 Å². The number of anilines is 2. The molecule has 0 saturated heterocycles. The van der Waals surface area contributed by atoms with Gasteiger partial charge < -0.3 is 10.6 Å². The summed E-state index contributed by atoms with van der Waals surface area (Å²) in [5, 5.41) is 5.32. The first kappa shape index (κ1) is 19.0. The highest BCUT2D eigenvalue weighted by Gasteiger charge is 2.08. The Balaban J connectivity index is 1.61. The van der Waals surface area contributed by atoms with Crippen LogP contribution in [0.15, 0.2) is 78.9 Å². The van der Waals surface area contributed by atoms with Crippen LogP contribution >= 0.6 is 0 Å². The molecule has 2 amide bonds. The zero-order valence-electron chi connectivity index (χ0n) is 14.7. The zero-order chi connectivity index (χ0) is 19.9. The molecule has 0 spiro atoms. The molecule has 3 aromatic rings. The summed E-state index contributed by atoms with van der Waals surface area (Å²) in [4.78, 5) is 24.1. The van der Waals surface area contributed by atoms with Crippen LogP contribution in [-0.2, 0) is 4.79 Å². The summed E-state index contributed by atoms with van der Waals surface area (Å²) in [6, 6.07) is 18.8. The molecule has 6 heteroatoms. The van der Waals surface area contributed by atoms with Crippen LogP contribution in [0.4, 0.5) is 20.2 Å². The summed E-state index contributed by atoms with van der Waals surface area (Å²) in [5.74, 6) is -2.33. The van der Waals surface area contributed by atoms with Crippen molar-refractivity contribution < 1.29 is 18.4 Å². The summed E-state index contributed by atoms with van der Waals surface area (Å²) < 4.78 is 27.1. The molecule has 140 valence electrons. The SMILES string of the molecule is O=C(/C=C/c1c(F)cccc1F)Nc1ccc(C(=O)Nc2ccccc2)cc1. The molecule has 0 heterocycles. The number of para-hydroxylation sites is 1. The summed E-state index contributed by atoms with van der Waals surface area (Å²) >= 11 is 0. The minimum absolute atomic E-state index is 0.279. The highest BCUT2D eigenvalue weighted by atomic mass is 19.1. The van der Waals surface area contributed by atoms with Crippen molar-refractivity contribution in [3.05, 3.63) is 102 Å². The average molecular weight is 378 g/mol. The average Bonchev–Trinajstić information content (AvgIpc) is 2.69. The normalized spacial score (nSPS) is 10.6. The Kier molecular flexibility index (Phi) is 5.91. The second kappa shape index (κ2) is 8.73. The molecule has 0 atom stereocenters. The van der Waals surface area contributed by atoms with Gasteiger partial charge in [-0.25, -0.2) is 8.78 Å². The molecular weight excluding hydrogens is 362 g/mol. The highest BCUT2D eigenvalue weighted by Crippen LogP contribution is 2.15. The van der Waals surface area contributed by atoms with E-state index < -0.39 is 17.5 Å². The second-order valence-corrected chi connectivity index (χ2v) is 5.86. The minimum Gasteiger partial charge on any atom is -0.323 e. The smallest absolute Gasteiger partial charge is 0.255 e. The maximum Gasteiger partial charge on any atom is 0.255 e. The molecule has 0 aromatic heterocycles. The van der Waals surface area contributed by atoms with Gasteiger partial charge in [0.25, 0.3) is 5.91 Å². The quantitative estimate of drug-likeness (QED) is 0.623. The molecule has 0 aliphatic heterocycles. The first-order valence-electron chi connectivity index (χ1n) is 8.42. The van der Waals surface area contributed by atoms with Gasteiger partial charge in [-0.05, 0) is 54.6 Å². The topological polar surface area (TPSA) is 58.2 Å². The lowest BCUT2D eigenvalue weighted by atomic mass is 10.1. The maximum absolute atomic E-state index is 13.5. The van der Waals surface area contributed by atoms with E-state index in [4.69, 9.17) is 0 Å². The van der Waals surface area contributed by atoms with Crippen LogP contribution < -0.4 is 10.6 Å². The molecular formula is C22H16F2N2O2. The van der Waals surface area contributed by atoms with Gasteiger partial charge in [-0.15, -0.1) is 0 Å². The van der Waals surface area contributed by atoms with Crippen LogP contribution in [0.3, 0.4) is 0 Å². The first-order valence-corrected chi connectivity index (χ1v) is 8.42.